The molecule has 1 aromatic rings. The summed E-state index contributed by atoms with van der Waals surface area (Å²) in [5.41, 5.74) is 0.890. The molecule has 0 amide bonds. The van der Waals surface area contributed by atoms with Crippen LogP contribution >= 0.6 is 11.3 Å². The second-order valence-corrected chi connectivity index (χ2v) is 4.75. The van der Waals surface area contributed by atoms with Gasteiger partial charge in [-0.2, -0.15) is 0 Å². The highest BCUT2D eigenvalue weighted by atomic mass is 32.1. The molecule has 1 heterocycles. The van der Waals surface area contributed by atoms with Crippen molar-refractivity contribution >= 4 is 22.7 Å². The minimum atomic E-state index is 0.401. The first-order valence-corrected chi connectivity index (χ1v) is 6.42. The molecule has 0 aliphatic heterocycles. The summed E-state index contributed by atoms with van der Waals surface area (Å²) in [6.07, 6.45) is 3.71. The molecule has 0 aliphatic rings. The van der Waals surface area contributed by atoms with Crippen LogP contribution in [0.5, 0.6) is 0 Å². The first-order chi connectivity index (χ1) is 8.11. The van der Waals surface area contributed by atoms with Gasteiger partial charge in [0.25, 0.3) is 0 Å². The third-order valence-corrected chi connectivity index (χ3v) is 2.76. The Morgan fingerprint density at radius 2 is 2.41 bits per heavy atom. The van der Waals surface area contributed by atoms with Gasteiger partial charge in [-0.05, 0) is 26.8 Å². The molecule has 1 aromatic heterocycles. The maximum Gasteiger partial charge on any atom is 0.183 e. The number of allylic oxidation sites excluding steroid dienone is 1. The highest BCUT2D eigenvalue weighted by Crippen LogP contribution is 2.14. The van der Waals surface area contributed by atoms with Crippen molar-refractivity contribution in [2.24, 2.45) is 4.99 Å². The Morgan fingerprint density at radius 1 is 1.65 bits per heavy atom. The molecule has 0 atom stereocenters. The molecule has 1 rings (SSSR count). The molecule has 0 aromatic carbocycles. The molecule has 4 nitrogen and oxygen atoms in total. The fourth-order valence-corrected chi connectivity index (χ4v) is 1.88. The first kappa shape index (κ1) is 13.7. The van der Waals surface area contributed by atoms with Crippen LogP contribution in [0.3, 0.4) is 0 Å². The predicted molar refractivity (Wildman–Crippen MR) is 74.1 cm³/mol. The average molecular weight is 253 g/mol. The smallest absolute Gasteiger partial charge is 0.183 e. The van der Waals surface area contributed by atoms with E-state index in [0.29, 0.717) is 12.6 Å². The average Bonchev–Trinajstić information content (AvgIpc) is 2.70. The van der Waals surface area contributed by atoms with Gasteiger partial charge in [-0.1, -0.05) is 0 Å². The van der Waals surface area contributed by atoms with Crippen LogP contribution in [0.4, 0.5) is 5.13 Å². The molecule has 0 spiro atoms. The summed E-state index contributed by atoms with van der Waals surface area (Å²) in [6, 6.07) is 0.401. The Morgan fingerprint density at radius 3 is 3.06 bits per heavy atom. The van der Waals surface area contributed by atoms with Gasteiger partial charge in [0.15, 0.2) is 5.13 Å². The number of aromatic nitrogens is 1. The number of rotatable bonds is 6. The third-order valence-electron chi connectivity index (χ3n) is 1.96. The molecule has 5 heteroatoms. The molecule has 0 saturated heterocycles. The molecule has 0 saturated carbocycles. The van der Waals surface area contributed by atoms with Gasteiger partial charge in [0, 0.05) is 17.6 Å². The number of anilines is 1. The summed E-state index contributed by atoms with van der Waals surface area (Å²) in [5.74, 6) is 0.877. The van der Waals surface area contributed by atoms with E-state index in [9.17, 15) is 0 Å². The van der Waals surface area contributed by atoms with Crippen molar-refractivity contribution in [3.8, 4) is 0 Å². The summed E-state index contributed by atoms with van der Waals surface area (Å²) >= 11 is 1.59. The zero-order chi connectivity index (χ0) is 12.7. The van der Waals surface area contributed by atoms with Crippen molar-refractivity contribution in [1.82, 2.24) is 4.98 Å². The first-order valence-electron chi connectivity index (χ1n) is 5.54. The second-order valence-electron chi connectivity index (χ2n) is 3.89. The minimum absolute atomic E-state index is 0.401. The highest BCUT2D eigenvalue weighted by Gasteiger charge is 2.00. The van der Waals surface area contributed by atoms with Crippen LogP contribution in [-0.2, 0) is 4.74 Å². The van der Waals surface area contributed by atoms with Crippen LogP contribution in [0, 0.1) is 0 Å². The van der Waals surface area contributed by atoms with Crippen molar-refractivity contribution in [3.05, 3.63) is 22.9 Å². The van der Waals surface area contributed by atoms with Crippen LogP contribution in [-0.4, -0.2) is 30.9 Å². The Kier molecular flexibility index (Phi) is 5.69. The van der Waals surface area contributed by atoms with Crippen LogP contribution in [0.1, 0.15) is 26.5 Å². The fraction of sp³-hybridized carbons (Fsp3) is 0.500. The van der Waals surface area contributed by atoms with Gasteiger partial charge < -0.3 is 10.1 Å². The van der Waals surface area contributed by atoms with E-state index in [0.717, 1.165) is 16.6 Å². The molecular formula is C12H19N3OS. The number of nitrogens with one attached hydrogen (secondary N) is 1. The van der Waals surface area contributed by atoms with Crippen molar-refractivity contribution in [3.63, 3.8) is 0 Å². The van der Waals surface area contributed by atoms with Gasteiger partial charge in [-0.25, -0.2) is 4.98 Å². The lowest BCUT2D eigenvalue weighted by molar-refractivity contribution is 0.292. The lowest BCUT2D eigenvalue weighted by Gasteiger charge is -2.03. The zero-order valence-electron chi connectivity index (χ0n) is 10.7. The number of hydrogen-bond acceptors (Lipinski definition) is 5. The highest BCUT2D eigenvalue weighted by molar-refractivity contribution is 7.13. The quantitative estimate of drug-likeness (QED) is 0.626. The molecule has 0 unspecified atom stereocenters. The fourth-order valence-electron chi connectivity index (χ4n) is 1.07. The third kappa shape index (κ3) is 5.49. The molecule has 0 radical (unpaired) electrons. The molecular weight excluding hydrogens is 234 g/mol. The van der Waals surface area contributed by atoms with E-state index >= 15 is 0 Å². The summed E-state index contributed by atoms with van der Waals surface area (Å²) < 4.78 is 5.01. The summed E-state index contributed by atoms with van der Waals surface area (Å²) in [6.45, 7) is 6.70. The summed E-state index contributed by atoms with van der Waals surface area (Å²) in [7, 11) is 1.65. The maximum absolute atomic E-state index is 5.01. The molecule has 1 N–H and O–H groups in total. The number of nitrogens with zero attached hydrogens (tertiary/aromatic N) is 2. The van der Waals surface area contributed by atoms with Crippen molar-refractivity contribution < 1.29 is 4.74 Å². The van der Waals surface area contributed by atoms with E-state index in [2.05, 4.69) is 29.1 Å². The molecule has 17 heavy (non-hydrogen) atoms. The van der Waals surface area contributed by atoms with E-state index in [4.69, 9.17) is 4.74 Å². The van der Waals surface area contributed by atoms with E-state index in [1.165, 1.54) is 0 Å². The van der Waals surface area contributed by atoms with Crippen LogP contribution in [0.25, 0.3) is 0 Å². The van der Waals surface area contributed by atoms with E-state index in [-0.39, 0.29) is 0 Å². The number of aliphatic imine (C=N–C) groups is 1. The molecule has 94 valence electrons. The largest absolute Gasteiger partial charge is 0.502 e. The second kappa shape index (κ2) is 7.06. The Hall–Kier alpha value is -1.36. The van der Waals surface area contributed by atoms with Crippen LogP contribution in [0.2, 0.25) is 0 Å². The Labute approximate surface area is 106 Å². The van der Waals surface area contributed by atoms with E-state index < -0.39 is 0 Å². The van der Waals surface area contributed by atoms with Gasteiger partial charge in [0.2, 0.25) is 0 Å². The predicted octanol–water partition coefficient (Wildman–Crippen LogP) is 2.93. The van der Waals surface area contributed by atoms with Gasteiger partial charge in [0.1, 0.15) is 0 Å². The lowest BCUT2D eigenvalue weighted by atomic mass is 10.4. The monoisotopic (exact) mass is 253 g/mol. The minimum Gasteiger partial charge on any atom is -0.502 e. The van der Waals surface area contributed by atoms with Gasteiger partial charge in [-0.15, -0.1) is 11.3 Å². The Bertz CT molecular complexity index is 396. The van der Waals surface area contributed by atoms with Crippen molar-refractivity contribution in [2.45, 2.75) is 26.8 Å². The van der Waals surface area contributed by atoms with Crippen LogP contribution in [0.15, 0.2) is 22.2 Å². The summed E-state index contributed by atoms with van der Waals surface area (Å²) in [4.78, 5) is 8.65. The lowest BCUT2D eigenvalue weighted by Crippen LogP contribution is -2.09. The number of thiazole rings is 1. The van der Waals surface area contributed by atoms with Gasteiger partial charge >= 0.3 is 0 Å². The Balaban J connectivity index is 2.46. The van der Waals surface area contributed by atoms with Gasteiger partial charge in [-0.3, -0.25) is 4.99 Å². The topological polar surface area (TPSA) is 46.5 Å². The summed E-state index contributed by atoms with van der Waals surface area (Å²) in [5, 5.41) is 6.18. The van der Waals surface area contributed by atoms with Crippen LogP contribution < -0.4 is 5.32 Å². The molecule has 0 fully saturated rings. The van der Waals surface area contributed by atoms with Crippen molar-refractivity contribution in [2.75, 3.05) is 19.0 Å². The maximum atomic E-state index is 5.01. The normalized spacial score (nSPS) is 12.4. The number of ether oxygens (including phenoxy) is 1. The number of methoxy groups -OCH3 is 1. The van der Waals surface area contributed by atoms with E-state index in [1.54, 1.807) is 24.7 Å². The SMILES string of the molecule is CO/C(C)=C/CN=Cc1csc(NC(C)C)n1. The van der Waals surface area contributed by atoms with Gasteiger partial charge in [0.05, 0.1) is 25.1 Å². The molecule has 0 aliphatic carbocycles. The standard InChI is InChI=1S/C12H19N3OS/c1-9(2)14-12-15-11(8-17-12)7-13-6-5-10(3)16-4/h5,7-9H,6H2,1-4H3,(H,14,15)/b10-5+,13-7?. The van der Waals surface area contributed by atoms with Crippen molar-refractivity contribution in [1.29, 1.82) is 0 Å². The zero-order valence-corrected chi connectivity index (χ0v) is 11.5. The molecule has 0 bridgehead atoms. The number of hydrogen-bond donors (Lipinski definition) is 1. The van der Waals surface area contributed by atoms with E-state index in [1.807, 2.05) is 18.4 Å².